The van der Waals surface area contributed by atoms with Crippen LogP contribution in [0.2, 0.25) is 0 Å². The number of rotatable bonds is 2. The van der Waals surface area contributed by atoms with Crippen LogP contribution in [-0.2, 0) is 0 Å². The van der Waals surface area contributed by atoms with E-state index in [1.807, 2.05) is 26.0 Å². The van der Waals surface area contributed by atoms with Crippen molar-refractivity contribution in [2.24, 2.45) is 0 Å². The monoisotopic (exact) mass is 280 g/mol. The number of aromatic nitrogens is 1. The maximum Gasteiger partial charge on any atom is 0.256 e. The fraction of sp³-hybridized carbons (Fsp3) is 0.176. The highest BCUT2D eigenvalue weighted by Gasteiger charge is 2.07. The minimum atomic E-state index is -0.214. The lowest BCUT2D eigenvalue weighted by Gasteiger charge is -2.06. The number of benzene rings is 1. The highest BCUT2D eigenvalue weighted by atomic mass is 16.2. The summed E-state index contributed by atoms with van der Waals surface area (Å²) < 4.78 is 0. The van der Waals surface area contributed by atoms with E-state index >= 15 is 0 Å². The van der Waals surface area contributed by atoms with E-state index in [2.05, 4.69) is 22.1 Å². The Bertz CT molecular complexity index is 690. The molecule has 0 aliphatic carbocycles. The normalized spacial score (nSPS) is 9.67. The molecule has 0 atom stereocenters. The first-order valence-corrected chi connectivity index (χ1v) is 6.55. The third kappa shape index (κ3) is 4.16. The summed E-state index contributed by atoms with van der Waals surface area (Å²) in [6.07, 6.45) is 0. The summed E-state index contributed by atoms with van der Waals surface area (Å²) in [5, 5.41) is 11.4. The molecular weight excluding hydrogens is 264 g/mol. The van der Waals surface area contributed by atoms with E-state index in [-0.39, 0.29) is 12.5 Å². The van der Waals surface area contributed by atoms with Gasteiger partial charge in [0.15, 0.2) is 0 Å². The van der Waals surface area contributed by atoms with Crippen LogP contribution in [0.15, 0.2) is 36.4 Å². The van der Waals surface area contributed by atoms with E-state index in [0.717, 1.165) is 16.8 Å². The highest BCUT2D eigenvalue weighted by molar-refractivity contribution is 6.03. The van der Waals surface area contributed by atoms with Crippen molar-refractivity contribution in [1.29, 1.82) is 0 Å². The number of hydrogen-bond donors (Lipinski definition) is 2. The van der Waals surface area contributed by atoms with E-state index in [0.29, 0.717) is 11.4 Å². The minimum absolute atomic E-state index is 0.180. The molecule has 21 heavy (non-hydrogen) atoms. The zero-order valence-corrected chi connectivity index (χ0v) is 12.0. The second kappa shape index (κ2) is 6.69. The predicted octanol–water partition coefficient (Wildman–Crippen LogP) is 2.29. The van der Waals surface area contributed by atoms with Crippen LogP contribution in [0.1, 0.15) is 27.2 Å². The van der Waals surface area contributed by atoms with Gasteiger partial charge >= 0.3 is 0 Å². The van der Waals surface area contributed by atoms with Crippen LogP contribution in [0.25, 0.3) is 0 Å². The lowest BCUT2D eigenvalue weighted by molar-refractivity contribution is 0.102. The fourth-order valence-corrected chi connectivity index (χ4v) is 1.94. The molecule has 1 aromatic heterocycles. The van der Waals surface area contributed by atoms with E-state index < -0.39 is 0 Å². The van der Waals surface area contributed by atoms with Crippen LogP contribution in [0.4, 0.5) is 5.82 Å². The van der Waals surface area contributed by atoms with E-state index in [1.54, 1.807) is 24.3 Å². The molecule has 0 saturated carbocycles. The molecule has 1 amide bonds. The first-order chi connectivity index (χ1) is 10.1. The van der Waals surface area contributed by atoms with Gasteiger partial charge in [-0.05, 0) is 55.8 Å². The van der Waals surface area contributed by atoms with Gasteiger partial charge in [-0.3, -0.25) is 4.79 Å². The van der Waals surface area contributed by atoms with Crippen LogP contribution in [-0.4, -0.2) is 22.6 Å². The van der Waals surface area contributed by atoms with Crippen LogP contribution in [0.3, 0.4) is 0 Å². The number of amides is 1. The summed E-state index contributed by atoms with van der Waals surface area (Å²) in [6.45, 7) is 3.66. The lowest BCUT2D eigenvalue weighted by Crippen LogP contribution is -2.13. The van der Waals surface area contributed by atoms with Crippen molar-refractivity contribution in [2.75, 3.05) is 11.9 Å². The van der Waals surface area contributed by atoms with E-state index in [1.165, 1.54) is 0 Å². The topological polar surface area (TPSA) is 62.2 Å². The van der Waals surface area contributed by atoms with Gasteiger partial charge in [0.25, 0.3) is 5.91 Å². The van der Waals surface area contributed by atoms with Crippen molar-refractivity contribution in [2.45, 2.75) is 13.8 Å². The Morgan fingerprint density at radius 2 is 1.95 bits per heavy atom. The third-order valence-electron chi connectivity index (χ3n) is 2.80. The maximum atomic E-state index is 12.1. The molecule has 1 heterocycles. The van der Waals surface area contributed by atoms with Crippen molar-refractivity contribution >= 4 is 11.7 Å². The number of carbonyl (C=O) groups excluding carboxylic acids is 1. The number of nitrogens with one attached hydrogen (secondary N) is 1. The van der Waals surface area contributed by atoms with Crippen LogP contribution in [0.5, 0.6) is 0 Å². The predicted molar refractivity (Wildman–Crippen MR) is 82.1 cm³/mol. The Labute approximate surface area is 123 Å². The van der Waals surface area contributed by atoms with Crippen molar-refractivity contribution in [3.8, 4) is 11.8 Å². The smallest absolute Gasteiger partial charge is 0.256 e. The molecule has 2 N–H and O–H groups in total. The molecule has 0 fully saturated rings. The Morgan fingerprint density at radius 3 is 2.57 bits per heavy atom. The van der Waals surface area contributed by atoms with Gasteiger partial charge in [-0.2, -0.15) is 0 Å². The molecule has 0 unspecified atom stereocenters. The van der Waals surface area contributed by atoms with E-state index in [4.69, 9.17) is 5.11 Å². The quantitative estimate of drug-likeness (QED) is 0.830. The SMILES string of the molecule is Cc1cc(C)nc(NC(=O)c2ccc(C#CCO)cc2)c1. The highest BCUT2D eigenvalue weighted by Crippen LogP contribution is 2.11. The Kier molecular flexibility index (Phi) is 4.70. The first-order valence-electron chi connectivity index (χ1n) is 6.55. The number of nitrogens with zero attached hydrogens (tertiary/aromatic N) is 1. The summed E-state index contributed by atoms with van der Waals surface area (Å²) in [5.41, 5.74) is 3.20. The van der Waals surface area contributed by atoms with Crippen LogP contribution >= 0.6 is 0 Å². The van der Waals surface area contributed by atoms with E-state index in [9.17, 15) is 4.79 Å². The average molecular weight is 280 g/mol. The maximum absolute atomic E-state index is 12.1. The van der Waals surface area contributed by atoms with Crippen molar-refractivity contribution in [3.05, 3.63) is 58.8 Å². The second-order valence-electron chi connectivity index (χ2n) is 4.66. The van der Waals surface area contributed by atoms with Gasteiger partial charge in [-0.15, -0.1) is 0 Å². The molecule has 0 radical (unpaired) electrons. The number of aliphatic hydroxyl groups excluding tert-OH is 1. The lowest BCUT2D eigenvalue weighted by atomic mass is 10.1. The zero-order valence-electron chi connectivity index (χ0n) is 12.0. The van der Waals surface area contributed by atoms with Gasteiger partial charge < -0.3 is 10.4 Å². The molecule has 106 valence electrons. The summed E-state index contributed by atoms with van der Waals surface area (Å²) in [7, 11) is 0. The van der Waals surface area contributed by atoms with Gasteiger partial charge in [0.05, 0.1) is 0 Å². The fourth-order valence-electron chi connectivity index (χ4n) is 1.94. The third-order valence-corrected chi connectivity index (χ3v) is 2.80. The average Bonchev–Trinajstić information content (AvgIpc) is 2.44. The Hall–Kier alpha value is -2.64. The minimum Gasteiger partial charge on any atom is -0.384 e. The summed E-state index contributed by atoms with van der Waals surface area (Å²) >= 11 is 0. The largest absolute Gasteiger partial charge is 0.384 e. The molecule has 0 aliphatic rings. The standard InChI is InChI=1S/C17H16N2O2/c1-12-10-13(2)18-16(11-12)19-17(21)15-7-5-14(6-8-15)4-3-9-20/h5-8,10-11,20H,9H2,1-2H3,(H,18,19,21). The number of anilines is 1. The van der Waals surface area contributed by atoms with Crippen LogP contribution < -0.4 is 5.32 Å². The van der Waals surface area contributed by atoms with Crippen molar-refractivity contribution in [3.63, 3.8) is 0 Å². The number of pyridine rings is 1. The van der Waals surface area contributed by atoms with Gasteiger partial charge in [0.2, 0.25) is 0 Å². The van der Waals surface area contributed by atoms with Crippen molar-refractivity contribution in [1.82, 2.24) is 4.98 Å². The molecule has 2 rings (SSSR count). The molecule has 2 aromatic rings. The Morgan fingerprint density at radius 1 is 1.24 bits per heavy atom. The Balaban J connectivity index is 2.13. The molecule has 0 spiro atoms. The molecule has 0 saturated heterocycles. The van der Waals surface area contributed by atoms with Gasteiger partial charge in [0, 0.05) is 16.8 Å². The summed E-state index contributed by atoms with van der Waals surface area (Å²) in [6, 6.07) is 10.6. The van der Waals surface area contributed by atoms with Gasteiger partial charge in [0.1, 0.15) is 12.4 Å². The molecule has 1 aromatic carbocycles. The molecule has 4 heteroatoms. The molecule has 0 aliphatic heterocycles. The number of aliphatic hydroxyl groups is 1. The van der Waals surface area contributed by atoms with Gasteiger partial charge in [-0.25, -0.2) is 4.98 Å². The summed E-state index contributed by atoms with van der Waals surface area (Å²) in [5.74, 6) is 5.67. The number of carbonyl (C=O) groups is 1. The second-order valence-corrected chi connectivity index (χ2v) is 4.66. The zero-order chi connectivity index (χ0) is 15.2. The summed E-state index contributed by atoms with van der Waals surface area (Å²) in [4.78, 5) is 16.4. The number of aryl methyl sites for hydroxylation is 2. The van der Waals surface area contributed by atoms with Gasteiger partial charge in [-0.1, -0.05) is 11.8 Å². The van der Waals surface area contributed by atoms with Crippen LogP contribution in [0, 0.1) is 25.7 Å². The first kappa shape index (κ1) is 14.8. The molecule has 0 bridgehead atoms. The molecule has 4 nitrogen and oxygen atoms in total. The van der Waals surface area contributed by atoms with Crippen molar-refractivity contribution < 1.29 is 9.90 Å². The molecular formula is C17H16N2O2. The number of hydrogen-bond acceptors (Lipinski definition) is 3.